The minimum Gasteiger partial charge on any atom is -0.349 e. The number of nitrogens with one attached hydrogen (secondary N) is 1. The lowest BCUT2D eigenvalue weighted by Gasteiger charge is -2.57. The monoisotopic (exact) mass is 287 g/mol. The van der Waals surface area contributed by atoms with Gasteiger partial charge in [0.25, 0.3) is 0 Å². The Bertz CT molecular complexity index is 527. The van der Waals surface area contributed by atoms with E-state index in [2.05, 4.69) is 10.4 Å². The molecule has 4 aliphatic carbocycles. The molecule has 4 heteroatoms. The summed E-state index contributed by atoms with van der Waals surface area (Å²) in [5, 5.41) is 7.73. The van der Waals surface area contributed by atoms with Gasteiger partial charge in [-0.3, -0.25) is 9.48 Å². The molecule has 5 rings (SSSR count). The van der Waals surface area contributed by atoms with Crippen molar-refractivity contribution < 1.29 is 4.79 Å². The van der Waals surface area contributed by atoms with Crippen LogP contribution in [0.25, 0.3) is 0 Å². The molecule has 114 valence electrons. The van der Waals surface area contributed by atoms with E-state index in [-0.39, 0.29) is 17.5 Å². The Labute approximate surface area is 126 Å². The molecule has 0 spiro atoms. The lowest BCUT2D eigenvalue weighted by molar-refractivity contribution is -0.130. The Morgan fingerprint density at radius 2 is 1.86 bits per heavy atom. The molecule has 1 atom stereocenters. The van der Waals surface area contributed by atoms with E-state index < -0.39 is 0 Å². The van der Waals surface area contributed by atoms with Gasteiger partial charge in [-0.25, -0.2) is 0 Å². The molecule has 1 amide bonds. The summed E-state index contributed by atoms with van der Waals surface area (Å²) < 4.78 is 1.83. The third-order valence-corrected chi connectivity index (χ3v) is 6.04. The normalized spacial score (nSPS) is 38.5. The molecule has 4 nitrogen and oxygen atoms in total. The van der Waals surface area contributed by atoms with Gasteiger partial charge in [0.2, 0.25) is 5.91 Å². The molecule has 4 saturated carbocycles. The van der Waals surface area contributed by atoms with Crippen molar-refractivity contribution in [1.29, 1.82) is 0 Å². The summed E-state index contributed by atoms with van der Waals surface area (Å²) in [7, 11) is 0. The molecule has 1 aromatic heterocycles. The average Bonchev–Trinajstić information content (AvgIpc) is 2.81. The number of carbonyl (C=O) groups excluding carboxylic acids is 1. The van der Waals surface area contributed by atoms with Gasteiger partial charge >= 0.3 is 0 Å². The zero-order valence-corrected chi connectivity index (χ0v) is 13.0. The van der Waals surface area contributed by atoms with Crippen LogP contribution in [0.15, 0.2) is 12.3 Å². The van der Waals surface area contributed by atoms with Gasteiger partial charge in [-0.05, 0) is 76.2 Å². The summed E-state index contributed by atoms with van der Waals surface area (Å²) in [4.78, 5) is 12.7. The number of rotatable bonds is 3. The smallest absolute Gasteiger partial charge is 0.245 e. The molecule has 4 bridgehead atoms. The third-order valence-electron chi connectivity index (χ3n) is 6.04. The minimum absolute atomic E-state index is 0.0984. The van der Waals surface area contributed by atoms with E-state index in [4.69, 9.17) is 0 Å². The van der Waals surface area contributed by atoms with Crippen LogP contribution in [0.3, 0.4) is 0 Å². The minimum atomic E-state index is -0.215. The predicted molar refractivity (Wildman–Crippen MR) is 80.7 cm³/mol. The molecule has 0 saturated heterocycles. The molecule has 0 aliphatic heterocycles. The topological polar surface area (TPSA) is 46.9 Å². The number of amides is 1. The summed E-state index contributed by atoms with van der Waals surface area (Å²) in [6, 6.07) is 1.74. The van der Waals surface area contributed by atoms with Crippen LogP contribution in [-0.2, 0) is 4.79 Å². The molecule has 21 heavy (non-hydrogen) atoms. The highest BCUT2D eigenvalue weighted by molar-refractivity contribution is 5.80. The van der Waals surface area contributed by atoms with Crippen molar-refractivity contribution in [2.45, 2.75) is 64.0 Å². The predicted octanol–water partition coefficient (Wildman–Crippen LogP) is 2.84. The van der Waals surface area contributed by atoms with Crippen LogP contribution >= 0.6 is 0 Å². The first kappa shape index (κ1) is 13.4. The number of carbonyl (C=O) groups is 1. The molecule has 4 fully saturated rings. The second-order valence-electron chi connectivity index (χ2n) is 7.78. The first-order chi connectivity index (χ1) is 10.0. The molecule has 0 radical (unpaired) electrons. The van der Waals surface area contributed by atoms with Gasteiger partial charge in [0, 0.05) is 17.4 Å². The van der Waals surface area contributed by atoms with E-state index in [1.807, 2.05) is 24.6 Å². The van der Waals surface area contributed by atoms with Crippen LogP contribution in [0.1, 0.15) is 57.2 Å². The molecular weight excluding hydrogens is 262 g/mol. The Morgan fingerprint density at radius 1 is 1.29 bits per heavy atom. The Hall–Kier alpha value is -1.32. The largest absolute Gasteiger partial charge is 0.349 e. The fourth-order valence-corrected chi connectivity index (χ4v) is 5.53. The first-order valence-electron chi connectivity index (χ1n) is 8.37. The summed E-state index contributed by atoms with van der Waals surface area (Å²) >= 11 is 0. The maximum atomic E-state index is 12.7. The lowest BCUT2D eigenvalue weighted by Crippen LogP contribution is -2.60. The van der Waals surface area contributed by atoms with Crippen molar-refractivity contribution in [2.24, 2.45) is 17.8 Å². The maximum Gasteiger partial charge on any atom is 0.245 e. The second-order valence-corrected chi connectivity index (χ2v) is 7.78. The van der Waals surface area contributed by atoms with E-state index in [9.17, 15) is 4.79 Å². The van der Waals surface area contributed by atoms with Crippen LogP contribution in [0, 0.1) is 24.7 Å². The van der Waals surface area contributed by atoms with Crippen LogP contribution in [0.5, 0.6) is 0 Å². The van der Waals surface area contributed by atoms with Gasteiger partial charge in [-0.2, -0.15) is 5.10 Å². The molecule has 0 aromatic carbocycles. The lowest BCUT2D eigenvalue weighted by atomic mass is 9.53. The highest BCUT2D eigenvalue weighted by atomic mass is 16.2. The van der Waals surface area contributed by atoms with Crippen LogP contribution < -0.4 is 5.32 Å². The van der Waals surface area contributed by atoms with Crippen molar-refractivity contribution in [2.75, 3.05) is 0 Å². The van der Waals surface area contributed by atoms with E-state index in [1.54, 1.807) is 6.20 Å². The van der Waals surface area contributed by atoms with Gasteiger partial charge in [-0.1, -0.05) is 0 Å². The standard InChI is InChI=1S/C17H25N3O/c1-11-3-4-18-20(11)12(2)16(21)19-17-8-13-5-14(9-17)7-15(6-13)10-17/h3-4,12-15H,5-10H2,1-2H3,(H,19,21). The van der Waals surface area contributed by atoms with Crippen LogP contribution in [0.4, 0.5) is 0 Å². The highest BCUT2D eigenvalue weighted by Crippen LogP contribution is 2.55. The van der Waals surface area contributed by atoms with Crippen molar-refractivity contribution in [1.82, 2.24) is 15.1 Å². The van der Waals surface area contributed by atoms with E-state index in [0.717, 1.165) is 23.4 Å². The third kappa shape index (κ3) is 2.19. The van der Waals surface area contributed by atoms with Crippen molar-refractivity contribution in [3.63, 3.8) is 0 Å². The zero-order chi connectivity index (χ0) is 14.6. The SMILES string of the molecule is Cc1ccnn1C(C)C(=O)NC12CC3CC(CC(C3)C1)C2. The summed E-state index contributed by atoms with van der Waals surface area (Å²) in [5.74, 6) is 2.72. The van der Waals surface area contributed by atoms with Gasteiger partial charge in [0.05, 0.1) is 0 Å². The number of hydrogen-bond donors (Lipinski definition) is 1. The molecular formula is C17H25N3O. The number of aryl methyl sites for hydroxylation is 1. The Morgan fingerprint density at radius 3 is 2.33 bits per heavy atom. The Kier molecular flexibility index (Phi) is 2.92. The number of aromatic nitrogens is 2. The quantitative estimate of drug-likeness (QED) is 0.929. The maximum absolute atomic E-state index is 12.7. The second kappa shape index (κ2) is 4.59. The van der Waals surface area contributed by atoms with E-state index in [1.165, 1.54) is 38.5 Å². The van der Waals surface area contributed by atoms with E-state index in [0.29, 0.717) is 0 Å². The highest BCUT2D eigenvalue weighted by Gasteiger charge is 2.51. The molecule has 1 unspecified atom stereocenters. The van der Waals surface area contributed by atoms with Crippen molar-refractivity contribution >= 4 is 5.91 Å². The van der Waals surface area contributed by atoms with Gasteiger partial charge < -0.3 is 5.32 Å². The van der Waals surface area contributed by atoms with Crippen molar-refractivity contribution in [3.05, 3.63) is 18.0 Å². The van der Waals surface area contributed by atoms with Gasteiger partial charge in [0.15, 0.2) is 0 Å². The molecule has 1 heterocycles. The fraction of sp³-hybridized carbons (Fsp3) is 0.765. The molecule has 1 aromatic rings. The summed E-state index contributed by atoms with van der Waals surface area (Å²) in [5.41, 5.74) is 1.14. The van der Waals surface area contributed by atoms with E-state index >= 15 is 0 Å². The molecule has 1 N–H and O–H groups in total. The Balaban J connectivity index is 1.51. The summed E-state index contributed by atoms with van der Waals surface area (Å²) in [6.07, 6.45) is 9.60. The zero-order valence-electron chi connectivity index (χ0n) is 13.0. The van der Waals surface area contributed by atoms with Crippen molar-refractivity contribution in [3.8, 4) is 0 Å². The first-order valence-corrected chi connectivity index (χ1v) is 8.37. The fourth-order valence-electron chi connectivity index (χ4n) is 5.53. The van der Waals surface area contributed by atoms with Crippen LogP contribution in [0.2, 0.25) is 0 Å². The average molecular weight is 287 g/mol. The van der Waals surface area contributed by atoms with Gasteiger partial charge in [-0.15, -0.1) is 0 Å². The summed E-state index contributed by atoms with van der Waals surface area (Å²) in [6.45, 7) is 3.96. The van der Waals surface area contributed by atoms with Crippen LogP contribution in [-0.4, -0.2) is 21.2 Å². The van der Waals surface area contributed by atoms with Gasteiger partial charge in [0.1, 0.15) is 6.04 Å². The number of hydrogen-bond acceptors (Lipinski definition) is 2. The molecule has 4 aliphatic rings. The number of nitrogens with zero attached hydrogens (tertiary/aromatic N) is 2.